The van der Waals surface area contributed by atoms with Gasteiger partial charge in [0.2, 0.25) is 0 Å². The number of rotatable bonds is 4. The summed E-state index contributed by atoms with van der Waals surface area (Å²) in [5.41, 5.74) is 0. The lowest BCUT2D eigenvalue weighted by atomic mass is 9.79. The Morgan fingerprint density at radius 1 is 0.895 bits per heavy atom. The van der Waals surface area contributed by atoms with Crippen LogP contribution in [0, 0.1) is 5.92 Å². The SMILES string of the molecule is CCNC1CC2CCCC(C1)N2CC1CCCCC1. The van der Waals surface area contributed by atoms with E-state index in [9.17, 15) is 0 Å². The summed E-state index contributed by atoms with van der Waals surface area (Å²) in [6, 6.07) is 2.61. The van der Waals surface area contributed by atoms with Gasteiger partial charge in [-0.25, -0.2) is 0 Å². The first kappa shape index (κ1) is 13.9. The van der Waals surface area contributed by atoms with Crippen molar-refractivity contribution in [2.45, 2.75) is 89.3 Å². The summed E-state index contributed by atoms with van der Waals surface area (Å²) in [6.07, 6.45) is 14.7. The third kappa shape index (κ3) is 3.33. The summed E-state index contributed by atoms with van der Waals surface area (Å²) in [6.45, 7) is 4.82. The normalized spacial score (nSPS) is 37.4. The maximum absolute atomic E-state index is 3.71. The van der Waals surface area contributed by atoms with Crippen molar-refractivity contribution in [1.29, 1.82) is 0 Å². The molecule has 1 saturated carbocycles. The predicted molar refractivity (Wildman–Crippen MR) is 81.4 cm³/mol. The maximum atomic E-state index is 3.71. The van der Waals surface area contributed by atoms with Crippen LogP contribution in [0.4, 0.5) is 0 Å². The zero-order valence-corrected chi connectivity index (χ0v) is 12.7. The minimum absolute atomic E-state index is 0.808. The molecule has 0 spiro atoms. The maximum Gasteiger partial charge on any atom is 0.0113 e. The summed E-state index contributed by atoms with van der Waals surface area (Å²) in [5.74, 6) is 1.02. The van der Waals surface area contributed by atoms with Gasteiger partial charge >= 0.3 is 0 Å². The Morgan fingerprint density at radius 3 is 2.21 bits per heavy atom. The summed E-state index contributed by atoms with van der Waals surface area (Å²) >= 11 is 0. The van der Waals surface area contributed by atoms with Crippen LogP contribution >= 0.6 is 0 Å². The Labute approximate surface area is 119 Å². The van der Waals surface area contributed by atoms with Gasteiger partial charge in [-0.2, -0.15) is 0 Å². The first-order chi connectivity index (χ1) is 9.36. The van der Waals surface area contributed by atoms with Gasteiger partial charge in [0.25, 0.3) is 0 Å². The van der Waals surface area contributed by atoms with Crippen molar-refractivity contribution in [3.05, 3.63) is 0 Å². The Kier molecular flexibility index (Phi) is 4.81. The van der Waals surface area contributed by atoms with E-state index in [1.165, 1.54) is 70.8 Å². The van der Waals surface area contributed by atoms with Gasteiger partial charge in [0.1, 0.15) is 0 Å². The molecule has 3 rings (SSSR count). The third-order valence-corrected chi connectivity index (χ3v) is 5.81. The van der Waals surface area contributed by atoms with E-state index in [2.05, 4.69) is 17.1 Å². The Bertz CT molecular complexity index is 258. The van der Waals surface area contributed by atoms with Crippen LogP contribution in [-0.2, 0) is 0 Å². The molecule has 3 fully saturated rings. The number of nitrogens with zero attached hydrogens (tertiary/aromatic N) is 1. The van der Waals surface area contributed by atoms with Gasteiger partial charge in [-0.15, -0.1) is 0 Å². The van der Waals surface area contributed by atoms with Gasteiger partial charge < -0.3 is 5.32 Å². The highest BCUT2D eigenvalue weighted by atomic mass is 15.2. The molecule has 3 aliphatic rings. The van der Waals surface area contributed by atoms with Crippen LogP contribution in [0.25, 0.3) is 0 Å². The number of nitrogens with one attached hydrogen (secondary N) is 1. The lowest BCUT2D eigenvalue weighted by Gasteiger charge is -2.50. The summed E-state index contributed by atoms with van der Waals surface area (Å²) in [7, 11) is 0. The lowest BCUT2D eigenvalue weighted by molar-refractivity contribution is 0.00818. The molecule has 2 bridgehead atoms. The highest BCUT2D eigenvalue weighted by molar-refractivity contribution is 4.95. The predicted octanol–water partition coefficient (Wildman–Crippen LogP) is 3.56. The van der Waals surface area contributed by atoms with Gasteiger partial charge in [0.15, 0.2) is 0 Å². The average molecular weight is 264 g/mol. The molecule has 2 heterocycles. The Balaban J connectivity index is 1.58. The van der Waals surface area contributed by atoms with Gasteiger partial charge in [-0.05, 0) is 51.0 Å². The van der Waals surface area contributed by atoms with E-state index in [4.69, 9.17) is 0 Å². The average Bonchev–Trinajstić information content (AvgIpc) is 2.41. The van der Waals surface area contributed by atoms with Crippen molar-refractivity contribution in [2.75, 3.05) is 13.1 Å². The highest BCUT2D eigenvalue weighted by Crippen LogP contribution is 2.36. The molecule has 0 aromatic carbocycles. The number of fused-ring (bicyclic) bond motifs is 2. The quantitative estimate of drug-likeness (QED) is 0.835. The molecule has 2 unspecified atom stereocenters. The monoisotopic (exact) mass is 264 g/mol. The fourth-order valence-electron chi connectivity index (χ4n) is 4.90. The summed E-state index contributed by atoms with van der Waals surface area (Å²) < 4.78 is 0. The van der Waals surface area contributed by atoms with Crippen molar-refractivity contribution < 1.29 is 0 Å². The molecule has 2 heteroatoms. The molecule has 0 amide bonds. The van der Waals surface area contributed by atoms with Crippen molar-refractivity contribution >= 4 is 0 Å². The zero-order chi connectivity index (χ0) is 13.1. The van der Waals surface area contributed by atoms with Crippen molar-refractivity contribution in [3.63, 3.8) is 0 Å². The Hall–Kier alpha value is -0.0800. The zero-order valence-electron chi connectivity index (χ0n) is 12.7. The standard InChI is InChI=1S/C17H32N2/c1-2-18-15-11-16-9-6-10-17(12-15)19(16)13-14-7-4-3-5-8-14/h14-18H,2-13H2,1H3. The Morgan fingerprint density at radius 2 is 1.58 bits per heavy atom. The molecule has 0 aromatic rings. The van der Waals surface area contributed by atoms with Gasteiger partial charge in [-0.1, -0.05) is 32.6 Å². The molecule has 0 aromatic heterocycles. The van der Waals surface area contributed by atoms with E-state index in [1.54, 1.807) is 0 Å². The molecule has 2 atom stereocenters. The molecule has 1 N–H and O–H groups in total. The van der Waals surface area contributed by atoms with Crippen LogP contribution in [0.3, 0.4) is 0 Å². The largest absolute Gasteiger partial charge is 0.314 e. The molecular weight excluding hydrogens is 232 g/mol. The van der Waals surface area contributed by atoms with Gasteiger partial charge in [0, 0.05) is 24.7 Å². The smallest absolute Gasteiger partial charge is 0.0113 e. The molecular formula is C17H32N2. The van der Waals surface area contributed by atoms with E-state index >= 15 is 0 Å². The van der Waals surface area contributed by atoms with E-state index in [0.29, 0.717) is 0 Å². The van der Waals surface area contributed by atoms with Crippen molar-refractivity contribution in [2.24, 2.45) is 5.92 Å². The molecule has 2 nitrogen and oxygen atoms in total. The molecule has 0 radical (unpaired) electrons. The molecule has 2 saturated heterocycles. The van der Waals surface area contributed by atoms with Crippen LogP contribution in [0.5, 0.6) is 0 Å². The highest BCUT2D eigenvalue weighted by Gasteiger charge is 2.38. The second kappa shape index (κ2) is 6.58. The summed E-state index contributed by atoms with van der Waals surface area (Å²) in [4.78, 5) is 2.94. The first-order valence-electron chi connectivity index (χ1n) is 8.86. The minimum Gasteiger partial charge on any atom is -0.314 e. The number of hydrogen-bond acceptors (Lipinski definition) is 2. The van der Waals surface area contributed by atoms with E-state index in [1.807, 2.05) is 0 Å². The number of piperidine rings is 2. The van der Waals surface area contributed by atoms with Gasteiger partial charge in [-0.3, -0.25) is 4.90 Å². The second-order valence-electron chi connectivity index (χ2n) is 7.17. The van der Waals surface area contributed by atoms with Crippen LogP contribution in [-0.4, -0.2) is 36.1 Å². The van der Waals surface area contributed by atoms with Crippen molar-refractivity contribution in [1.82, 2.24) is 10.2 Å². The molecule has 19 heavy (non-hydrogen) atoms. The minimum atomic E-state index is 0.808. The van der Waals surface area contributed by atoms with Gasteiger partial charge in [0.05, 0.1) is 0 Å². The van der Waals surface area contributed by atoms with Crippen LogP contribution in [0.15, 0.2) is 0 Å². The van der Waals surface area contributed by atoms with Crippen LogP contribution in [0.2, 0.25) is 0 Å². The van der Waals surface area contributed by atoms with E-state index in [0.717, 1.165) is 30.6 Å². The fraction of sp³-hybridized carbons (Fsp3) is 1.00. The van der Waals surface area contributed by atoms with Crippen molar-refractivity contribution in [3.8, 4) is 0 Å². The second-order valence-corrected chi connectivity index (χ2v) is 7.17. The van der Waals surface area contributed by atoms with E-state index < -0.39 is 0 Å². The first-order valence-corrected chi connectivity index (χ1v) is 8.86. The fourth-order valence-corrected chi connectivity index (χ4v) is 4.90. The molecule has 2 aliphatic heterocycles. The molecule has 110 valence electrons. The topological polar surface area (TPSA) is 15.3 Å². The lowest BCUT2D eigenvalue weighted by Crippen LogP contribution is -2.57. The third-order valence-electron chi connectivity index (χ3n) is 5.81. The number of hydrogen-bond donors (Lipinski definition) is 1. The van der Waals surface area contributed by atoms with E-state index in [-0.39, 0.29) is 0 Å². The molecule has 1 aliphatic carbocycles. The van der Waals surface area contributed by atoms with Crippen LogP contribution in [0.1, 0.15) is 71.1 Å². The summed E-state index contributed by atoms with van der Waals surface area (Å²) in [5, 5.41) is 3.71. The van der Waals surface area contributed by atoms with Crippen LogP contribution < -0.4 is 5.32 Å².